The van der Waals surface area contributed by atoms with Crippen molar-refractivity contribution in [2.45, 2.75) is 11.3 Å². The average Bonchev–Trinajstić information content (AvgIpc) is 2.28. The van der Waals surface area contributed by atoms with Gasteiger partial charge in [0.1, 0.15) is 5.75 Å². The predicted molar refractivity (Wildman–Crippen MR) is 62.2 cm³/mol. The Morgan fingerprint density at radius 1 is 1.22 bits per heavy atom. The zero-order valence-electron chi connectivity index (χ0n) is 9.29. The van der Waals surface area contributed by atoms with Crippen molar-refractivity contribution in [3.63, 3.8) is 0 Å². The van der Waals surface area contributed by atoms with Crippen LogP contribution in [0.4, 0.5) is 0 Å². The second-order valence-electron chi connectivity index (χ2n) is 3.54. The van der Waals surface area contributed by atoms with Gasteiger partial charge in [-0.2, -0.15) is 0 Å². The lowest BCUT2D eigenvalue weighted by atomic mass is 10.2. The fourth-order valence-corrected chi connectivity index (χ4v) is 2.43. The number of nitrogens with one attached hydrogen (secondary N) is 1. The van der Waals surface area contributed by atoms with E-state index in [1.807, 2.05) is 0 Å². The molecule has 0 aliphatic heterocycles. The third-order valence-electron chi connectivity index (χ3n) is 2.12. The van der Waals surface area contributed by atoms with Gasteiger partial charge in [0.05, 0.1) is 11.3 Å². The van der Waals surface area contributed by atoms with Gasteiger partial charge in [-0.1, -0.05) is 12.1 Å². The Morgan fingerprint density at radius 2 is 1.78 bits per heavy atom. The molecule has 0 bridgehead atoms. The van der Waals surface area contributed by atoms with E-state index in [1.54, 1.807) is 5.43 Å². The molecule has 1 aromatic rings. The van der Waals surface area contributed by atoms with E-state index in [0.29, 0.717) is 5.56 Å². The largest absolute Gasteiger partial charge is 0.481 e. The minimum absolute atomic E-state index is 0.0553. The Hall–Kier alpha value is -1.93. The van der Waals surface area contributed by atoms with Crippen LogP contribution in [0.5, 0.6) is 0 Å². The molecule has 98 valence electrons. The maximum atomic E-state index is 11.7. The lowest BCUT2D eigenvalue weighted by Crippen LogP contribution is -2.35. The number of hydrogen-bond donors (Lipinski definition) is 3. The highest BCUT2D eigenvalue weighted by atomic mass is 32.2. The van der Waals surface area contributed by atoms with E-state index >= 15 is 0 Å². The van der Waals surface area contributed by atoms with Crippen molar-refractivity contribution >= 4 is 21.7 Å². The minimum atomic E-state index is -3.76. The standard InChI is InChI=1S/C10H12N2O5S/c11-12-9(13)6-18(16,17)8-3-1-7(2-4-8)5-10(14)15/h1-4H,5-6,11H2,(H,12,13)(H,14,15). The zero-order valence-corrected chi connectivity index (χ0v) is 10.1. The van der Waals surface area contributed by atoms with Crippen LogP contribution in [-0.4, -0.2) is 31.2 Å². The fraction of sp³-hybridized carbons (Fsp3) is 0.200. The van der Waals surface area contributed by atoms with E-state index in [-0.39, 0.29) is 11.3 Å². The molecule has 0 saturated carbocycles. The number of benzene rings is 1. The van der Waals surface area contributed by atoms with Crippen molar-refractivity contribution in [2.24, 2.45) is 5.84 Å². The zero-order chi connectivity index (χ0) is 13.8. The summed E-state index contributed by atoms with van der Waals surface area (Å²) in [5, 5.41) is 8.56. The first kappa shape index (κ1) is 14.1. The van der Waals surface area contributed by atoms with Gasteiger partial charge >= 0.3 is 5.97 Å². The summed E-state index contributed by atoms with van der Waals surface area (Å²) in [5.41, 5.74) is 2.21. The van der Waals surface area contributed by atoms with E-state index in [0.717, 1.165) is 0 Å². The number of aliphatic carboxylic acids is 1. The molecule has 0 spiro atoms. The van der Waals surface area contributed by atoms with Crippen molar-refractivity contribution < 1.29 is 23.1 Å². The van der Waals surface area contributed by atoms with Crippen molar-refractivity contribution in [1.29, 1.82) is 0 Å². The Kier molecular flexibility index (Phi) is 4.40. The summed E-state index contributed by atoms with van der Waals surface area (Å²) in [5.74, 6) is 2.24. The van der Waals surface area contributed by atoms with Gasteiger partial charge in [0.25, 0.3) is 0 Å². The van der Waals surface area contributed by atoms with Crippen molar-refractivity contribution in [3.05, 3.63) is 29.8 Å². The van der Waals surface area contributed by atoms with Crippen molar-refractivity contribution in [1.82, 2.24) is 5.43 Å². The van der Waals surface area contributed by atoms with E-state index in [2.05, 4.69) is 0 Å². The second-order valence-corrected chi connectivity index (χ2v) is 5.53. The molecule has 1 aromatic carbocycles. The first-order chi connectivity index (χ1) is 8.35. The number of sulfone groups is 1. The molecule has 0 aliphatic rings. The van der Waals surface area contributed by atoms with Crippen LogP contribution in [-0.2, 0) is 25.8 Å². The number of rotatable bonds is 5. The quantitative estimate of drug-likeness (QED) is 0.361. The molecule has 4 N–H and O–H groups in total. The van der Waals surface area contributed by atoms with E-state index in [1.165, 1.54) is 24.3 Å². The van der Waals surface area contributed by atoms with Gasteiger partial charge in [-0.25, -0.2) is 14.3 Å². The molecule has 0 saturated heterocycles. The Bertz CT molecular complexity index is 550. The minimum Gasteiger partial charge on any atom is -0.481 e. The normalized spacial score (nSPS) is 10.9. The summed E-state index contributed by atoms with van der Waals surface area (Å²) in [6, 6.07) is 5.30. The number of nitrogens with two attached hydrogens (primary N) is 1. The van der Waals surface area contributed by atoms with Gasteiger partial charge in [-0.05, 0) is 17.7 Å². The average molecular weight is 272 g/mol. The van der Waals surface area contributed by atoms with Gasteiger partial charge in [0.2, 0.25) is 5.91 Å². The molecule has 0 aromatic heterocycles. The SMILES string of the molecule is NNC(=O)CS(=O)(=O)c1ccc(CC(=O)O)cc1. The van der Waals surface area contributed by atoms with Crippen LogP contribution in [0.1, 0.15) is 5.56 Å². The topological polar surface area (TPSA) is 127 Å². The highest BCUT2D eigenvalue weighted by molar-refractivity contribution is 7.92. The maximum Gasteiger partial charge on any atom is 0.307 e. The molecule has 7 nitrogen and oxygen atoms in total. The molecule has 0 fully saturated rings. The third-order valence-corrected chi connectivity index (χ3v) is 3.75. The molecule has 0 radical (unpaired) electrons. The Morgan fingerprint density at radius 3 is 2.22 bits per heavy atom. The summed E-state index contributed by atoms with van der Waals surface area (Å²) >= 11 is 0. The van der Waals surface area contributed by atoms with Crippen LogP contribution < -0.4 is 11.3 Å². The summed E-state index contributed by atoms with van der Waals surface area (Å²) in [6.45, 7) is 0. The van der Waals surface area contributed by atoms with Crippen molar-refractivity contribution in [3.8, 4) is 0 Å². The highest BCUT2D eigenvalue weighted by Crippen LogP contribution is 2.12. The first-order valence-electron chi connectivity index (χ1n) is 4.88. The van der Waals surface area contributed by atoms with Gasteiger partial charge in [-0.15, -0.1) is 0 Å². The number of carbonyl (C=O) groups is 2. The maximum absolute atomic E-state index is 11.7. The summed E-state index contributed by atoms with van der Waals surface area (Å²) in [6.07, 6.45) is -0.191. The van der Waals surface area contributed by atoms with Gasteiger partial charge in [0, 0.05) is 0 Å². The van der Waals surface area contributed by atoms with Crippen LogP contribution in [0.15, 0.2) is 29.2 Å². The Labute approximate surface area is 103 Å². The highest BCUT2D eigenvalue weighted by Gasteiger charge is 2.18. The fourth-order valence-electron chi connectivity index (χ4n) is 1.29. The summed E-state index contributed by atoms with van der Waals surface area (Å²) in [7, 11) is -3.76. The molecule has 18 heavy (non-hydrogen) atoms. The number of carboxylic acids is 1. The molecule has 0 heterocycles. The van der Waals surface area contributed by atoms with Gasteiger partial charge in [0.15, 0.2) is 9.84 Å². The molecule has 0 atom stereocenters. The van der Waals surface area contributed by atoms with E-state index in [4.69, 9.17) is 10.9 Å². The number of hydrazine groups is 1. The Balaban J connectivity index is 2.90. The summed E-state index contributed by atoms with van der Waals surface area (Å²) < 4.78 is 23.4. The molecule has 1 amide bonds. The number of carbonyl (C=O) groups excluding carboxylic acids is 1. The summed E-state index contributed by atoms with van der Waals surface area (Å²) in [4.78, 5) is 21.3. The van der Waals surface area contributed by atoms with Crippen LogP contribution in [0.2, 0.25) is 0 Å². The smallest absolute Gasteiger partial charge is 0.307 e. The van der Waals surface area contributed by atoms with Gasteiger partial charge < -0.3 is 5.11 Å². The van der Waals surface area contributed by atoms with Gasteiger partial charge in [-0.3, -0.25) is 15.0 Å². The second kappa shape index (κ2) is 5.61. The third kappa shape index (κ3) is 3.82. The lowest BCUT2D eigenvalue weighted by Gasteiger charge is -2.04. The molecule has 0 unspecified atom stereocenters. The van der Waals surface area contributed by atoms with E-state index in [9.17, 15) is 18.0 Å². The molecule has 0 aliphatic carbocycles. The van der Waals surface area contributed by atoms with Crippen LogP contribution in [0.25, 0.3) is 0 Å². The molecular formula is C10H12N2O5S. The number of carboxylic acid groups (broad SMARTS) is 1. The van der Waals surface area contributed by atoms with E-state index < -0.39 is 27.5 Å². The van der Waals surface area contributed by atoms with Crippen molar-refractivity contribution in [2.75, 3.05) is 5.75 Å². The first-order valence-corrected chi connectivity index (χ1v) is 6.53. The van der Waals surface area contributed by atoms with Crippen LogP contribution in [0, 0.1) is 0 Å². The van der Waals surface area contributed by atoms with Crippen LogP contribution in [0.3, 0.4) is 0 Å². The number of amides is 1. The molecular weight excluding hydrogens is 260 g/mol. The monoisotopic (exact) mass is 272 g/mol. The lowest BCUT2D eigenvalue weighted by molar-refractivity contribution is -0.136. The number of hydrogen-bond acceptors (Lipinski definition) is 5. The molecule has 8 heteroatoms. The van der Waals surface area contributed by atoms with Crippen LogP contribution >= 0.6 is 0 Å². The molecule has 1 rings (SSSR count). The predicted octanol–water partition coefficient (Wildman–Crippen LogP) is -0.923.